The molecule has 5 nitrogen and oxygen atoms in total. The van der Waals surface area contributed by atoms with Crippen molar-refractivity contribution in [2.75, 3.05) is 11.9 Å². The Labute approximate surface area is 115 Å². The maximum atomic E-state index is 11.8. The van der Waals surface area contributed by atoms with Gasteiger partial charge in [0.25, 0.3) is 5.91 Å². The maximum Gasteiger partial charge on any atom is 0.251 e. The van der Waals surface area contributed by atoms with Gasteiger partial charge >= 0.3 is 0 Å². The first kappa shape index (κ1) is 13.5. The van der Waals surface area contributed by atoms with Crippen molar-refractivity contribution in [3.05, 3.63) is 41.4 Å². The first-order chi connectivity index (χ1) is 9.15. The van der Waals surface area contributed by atoms with Crippen LogP contribution in [0.5, 0.6) is 0 Å². The lowest BCUT2D eigenvalue weighted by Gasteiger charge is -2.08. The summed E-state index contributed by atoms with van der Waals surface area (Å²) in [4.78, 5) is 16.0. The molecule has 19 heavy (non-hydrogen) atoms. The lowest BCUT2D eigenvalue weighted by atomic mass is 10.2. The summed E-state index contributed by atoms with van der Waals surface area (Å²) in [6.07, 6.45) is 1.16. The van der Waals surface area contributed by atoms with E-state index >= 15 is 0 Å². The fourth-order valence-electron chi connectivity index (χ4n) is 1.49. The van der Waals surface area contributed by atoms with Gasteiger partial charge in [0.1, 0.15) is 0 Å². The van der Waals surface area contributed by atoms with Crippen LogP contribution in [0, 0.1) is 0 Å². The zero-order valence-electron chi connectivity index (χ0n) is 10.5. The van der Waals surface area contributed by atoms with Gasteiger partial charge in [0.05, 0.1) is 6.10 Å². The number of hydrogen-bond donors (Lipinski definition) is 3. The number of nitrogens with zero attached hydrogens (tertiary/aromatic N) is 1. The number of carbonyl (C=O) groups is 1. The fraction of sp³-hybridized carbons (Fsp3) is 0.231. The van der Waals surface area contributed by atoms with Crippen molar-refractivity contribution >= 4 is 28.1 Å². The molecule has 6 heteroatoms. The molecule has 1 aromatic carbocycles. The van der Waals surface area contributed by atoms with Gasteiger partial charge in [0, 0.05) is 29.4 Å². The Morgan fingerprint density at radius 3 is 3.05 bits per heavy atom. The largest absolute Gasteiger partial charge is 0.392 e. The molecule has 1 aromatic heterocycles. The van der Waals surface area contributed by atoms with Gasteiger partial charge in [-0.25, -0.2) is 4.98 Å². The minimum atomic E-state index is -0.555. The van der Waals surface area contributed by atoms with Gasteiger partial charge in [-0.1, -0.05) is 6.07 Å². The van der Waals surface area contributed by atoms with Crippen LogP contribution in [0.25, 0.3) is 0 Å². The molecule has 0 saturated heterocycles. The van der Waals surface area contributed by atoms with Crippen LogP contribution in [-0.4, -0.2) is 28.6 Å². The van der Waals surface area contributed by atoms with Gasteiger partial charge in [-0.15, -0.1) is 11.3 Å². The van der Waals surface area contributed by atoms with Gasteiger partial charge < -0.3 is 15.7 Å². The summed E-state index contributed by atoms with van der Waals surface area (Å²) in [7, 11) is 0. The van der Waals surface area contributed by atoms with Gasteiger partial charge in [-0.05, 0) is 25.1 Å². The first-order valence-corrected chi connectivity index (χ1v) is 6.76. The van der Waals surface area contributed by atoms with Gasteiger partial charge in [-0.2, -0.15) is 0 Å². The van der Waals surface area contributed by atoms with Crippen molar-refractivity contribution in [2.24, 2.45) is 0 Å². The van der Waals surface area contributed by atoms with Gasteiger partial charge in [-0.3, -0.25) is 4.79 Å². The van der Waals surface area contributed by atoms with E-state index in [1.807, 2.05) is 11.4 Å². The van der Waals surface area contributed by atoms with Crippen LogP contribution in [0.4, 0.5) is 10.8 Å². The number of nitrogens with one attached hydrogen (secondary N) is 2. The summed E-state index contributed by atoms with van der Waals surface area (Å²) in [5.74, 6) is -0.205. The summed E-state index contributed by atoms with van der Waals surface area (Å²) in [5, 5.41) is 17.6. The number of hydrogen-bond acceptors (Lipinski definition) is 5. The molecule has 0 aliphatic rings. The van der Waals surface area contributed by atoms with Crippen LogP contribution in [0.15, 0.2) is 35.8 Å². The van der Waals surface area contributed by atoms with E-state index in [0.717, 1.165) is 10.8 Å². The number of anilines is 2. The molecule has 1 amide bonds. The number of aromatic nitrogens is 1. The van der Waals surface area contributed by atoms with Gasteiger partial charge in [0.15, 0.2) is 5.13 Å². The predicted octanol–water partition coefficient (Wildman–Crippen LogP) is 2.00. The number of amides is 1. The van der Waals surface area contributed by atoms with Crippen LogP contribution in [-0.2, 0) is 0 Å². The van der Waals surface area contributed by atoms with E-state index in [0.29, 0.717) is 5.56 Å². The van der Waals surface area contributed by atoms with Crippen molar-refractivity contribution in [3.63, 3.8) is 0 Å². The third kappa shape index (κ3) is 4.04. The molecular weight excluding hydrogens is 262 g/mol. The van der Waals surface area contributed by atoms with Crippen LogP contribution in [0.1, 0.15) is 17.3 Å². The van der Waals surface area contributed by atoms with Crippen molar-refractivity contribution in [1.82, 2.24) is 10.3 Å². The average molecular weight is 277 g/mol. The molecule has 0 saturated carbocycles. The van der Waals surface area contributed by atoms with E-state index in [9.17, 15) is 4.79 Å². The summed E-state index contributed by atoms with van der Waals surface area (Å²) in [6.45, 7) is 1.86. The zero-order valence-corrected chi connectivity index (χ0v) is 11.3. The Morgan fingerprint density at radius 1 is 1.53 bits per heavy atom. The number of carbonyl (C=O) groups excluding carboxylic acids is 1. The number of benzene rings is 1. The Hall–Kier alpha value is -1.92. The Kier molecular flexibility index (Phi) is 4.48. The first-order valence-electron chi connectivity index (χ1n) is 5.88. The minimum Gasteiger partial charge on any atom is -0.392 e. The monoisotopic (exact) mass is 277 g/mol. The molecule has 0 aliphatic heterocycles. The van der Waals surface area contributed by atoms with Crippen LogP contribution in [0.3, 0.4) is 0 Å². The second-order valence-corrected chi connectivity index (χ2v) is 5.00. The Bertz CT molecular complexity index is 541. The number of aliphatic hydroxyl groups excluding tert-OH is 1. The summed E-state index contributed by atoms with van der Waals surface area (Å²) in [5.41, 5.74) is 1.35. The molecule has 0 aliphatic carbocycles. The molecule has 1 atom stereocenters. The highest BCUT2D eigenvalue weighted by molar-refractivity contribution is 7.13. The molecule has 1 unspecified atom stereocenters. The molecule has 0 radical (unpaired) electrons. The maximum absolute atomic E-state index is 11.8. The summed E-state index contributed by atoms with van der Waals surface area (Å²) < 4.78 is 0. The highest BCUT2D eigenvalue weighted by Crippen LogP contribution is 2.19. The highest BCUT2D eigenvalue weighted by atomic mass is 32.1. The lowest BCUT2D eigenvalue weighted by molar-refractivity contribution is 0.0924. The van der Waals surface area contributed by atoms with Gasteiger partial charge in [0.2, 0.25) is 0 Å². The molecule has 100 valence electrons. The van der Waals surface area contributed by atoms with E-state index in [4.69, 9.17) is 5.11 Å². The fourth-order valence-corrected chi connectivity index (χ4v) is 2.04. The topological polar surface area (TPSA) is 74.2 Å². The summed E-state index contributed by atoms with van der Waals surface area (Å²) >= 11 is 1.49. The Balaban J connectivity index is 2.04. The molecule has 2 rings (SSSR count). The van der Waals surface area contributed by atoms with E-state index < -0.39 is 6.10 Å². The van der Waals surface area contributed by atoms with E-state index in [1.165, 1.54) is 11.3 Å². The molecule has 1 heterocycles. The molecule has 3 N–H and O–H groups in total. The molecule has 2 aromatic rings. The van der Waals surface area contributed by atoms with E-state index in [2.05, 4.69) is 15.6 Å². The predicted molar refractivity (Wildman–Crippen MR) is 75.9 cm³/mol. The van der Waals surface area contributed by atoms with E-state index in [-0.39, 0.29) is 12.5 Å². The molecule has 0 fully saturated rings. The second-order valence-electron chi connectivity index (χ2n) is 4.10. The number of rotatable bonds is 5. The summed E-state index contributed by atoms with van der Waals surface area (Å²) in [6, 6.07) is 7.14. The SMILES string of the molecule is CC(O)CNC(=O)c1cccc(Nc2nccs2)c1. The normalized spacial score (nSPS) is 11.9. The molecular formula is C13H15N3O2S. The van der Waals surface area contributed by atoms with Crippen LogP contribution < -0.4 is 10.6 Å². The minimum absolute atomic E-state index is 0.205. The van der Waals surface area contributed by atoms with Crippen molar-refractivity contribution < 1.29 is 9.90 Å². The molecule has 0 spiro atoms. The van der Waals surface area contributed by atoms with Crippen molar-refractivity contribution in [1.29, 1.82) is 0 Å². The van der Waals surface area contributed by atoms with E-state index in [1.54, 1.807) is 31.3 Å². The quantitative estimate of drug-likeness (QED) is 0.781. The third-order valence-corrected chi connectivity index (χ3v) is 3.05. The Morgan fingerprint density at radius 2 is 2.37 bits per heavy atom. The highest BCUT2D eigenvalue weighted by Gasteiger charge is 2.07. The number of thiazole rings is 1. The smallest absolute Gasteiger partial charge is 0.251 e. The molecule has 0 bridgehead atoms. The van der Waals surface area contributed by atoms with Crippen LogP contribution >= 0.6 is 11.3 Å². The van der Waals surface area contributed by atoms with Crippen molar-refractivity contribution in [2.45, 2.75) is 13.0 Å². The van der Waals surface area contributed by atoms with Crippen molar-refractivity contribution in [3.8, 4) is 0 Å². The standard InChI is InChI=1S/C13H15N3O2S/c1-9(17)8-15-12(18)10-3-2-4-11(7-10)16-13-14-5-6-19-13/h2-7,9,17H,8H2,1H3,(H,14,16)(H,15,18). The van der Waals surface area contributed by atoms with Crippen LogP contribution in [0.2, 0.25) is 0 Å². The lowest BCUT2D eigenvalue weighted by Crippen LogP contribution is -2.30. The number of aliphatic hydroxyl groups is 1. The average Bonchev–Trinajstić information content (AvgIpc) is 2.89. The second kappa shape index (κ2) is 6.31. The zero-order chi connectivity index (χ0) is 13.7. The third-order valence-electron chi connectivity index (χ3n) is 2.37.